The van der Waals surface area contributed by atoms with Crippen LogP contribution in [0.3, 0.4) is 0 Å². The maximum Gasteiger partial charge on any atom is 0.214 e. The number of hydrogen-bond acceptors (Lipinski definition) is 9. The van der Waals surface area contributed by atoms with Crippen molar-refractivity contribution in [2.75, 3.05) is 24.8 Å². The molecule has 1 aliphatic heterocycles. The lowest BCUT2D eigenvalue weighted by molar-refractivity contribution is -0.158. The van der Waals surface area contributed by atoms with Gasteiger partial charge in [-0.1, -0.05) is 0 Å². The summed E-state index contributed by atoms with van der Waals surface area (Å²) < 4.78 is 36.6. The molecular formula is C26H33N3O6S. The molecule has 0 spiro atoms. The quantitative estimate of drug-likeness (QED) is 0.482. The molecule has 2 N–H and O–H groups in total. The number of aliphatic hydroxyl groups excluding tert-OH is 1. The van der Waals surface area contributed by atoms with Crippen LogP contribution in [0, 0.1) is 19.8 Å². The molecule has 1 saturated carbocycles. The fourth-order valence-corrected chi connectivity index (χ4v) is 5.87. The van der Waals surface area contributed by atoms with Gasteiger partial charge >= 0.3 is 0 Å². The first-order valence-corrected chi connectivity index (χ1v) is 13.8. The summed E-state index contributed by atoms with van der Waals surface area (Å²) in [7, 11) is -1.27. The van der Waals surface area contributed by atoms with Gasteiger partial charge < -0.3 is 29.1 Å². The molecule has 5 rings (SSSR count). The molecular weight excluding hydrogens is 482 g/mol. The number of pyridine rings is 2. The van der Waals surface area contributed by atoms with Crippen LogP contribution in [0.15, 0.2) is 27.6 Å². The van der Waals surface area contributed by atoms with Gasteiger partial charge in [0.25, 0.3) is 0 Å². The molecule has 0 amide bonds. The van der Waals surface area contributed by atoms with Crippen LogP contribution >= 0.6 is 0 Å². The molecule has 1 saturated heterocycles. The van der Waals surface area contributed by atoms with Crippen LogP contribution in [0.5, 0.6) is 5.88 Å². The van der Waals surface area contributed by atoms with Crippen molar-refractivity contribution in [1.29, 1.82) is 0 Å². The monoisotopic (exact) mass is 515 g/mol. The van der Waals surface area contributed by atoms with E-state index < -0.39 is 16.6 Å². The summed E-state index contributed by atoms with van der Waals surface area (Å²) in [4.78, 5) is 9.23. The van der Waals surface area contributed by atoms with Crippen molar-refractivity contribution in [3.05, 3.63) is 29.5 Å². The first kappa shape index (κ1) is 25.1. The van der Waals surface area contributed by atoms with E-state index in [0.717, 1.165) is 22.2 Å². The smallest absolute Gasteiger partial charge is 0.214 e. The maximum atomic E-state index is 12.4. The zero-order chi connectivity index (χ0) is 25.8. The van der Waals surface area contributed by atoms with Gasteiger partial charge in [0.05, 0.1) is 40.8 Å². The molecule has 2 fully saturated rings. The van der Waals surface area contributed by atoms with Crippen molar-refractivity contribution < 1.29 is 27.9 Å². The SMILES string of the molecule is CCOc1cc2cc(-c3c(C)cc(S(C)=O)nc3NC3CC(CO)[C@H]4OC(C)(C)O[C@@H]34)oc2c(C)n1. The number of aliphatic hydroxyl groups is 1. The third-order valence-corrected chi connectivity index (χ3v) is 7.61. The highest BCUT2D eigenvalue weighted by atomic mass is 32.2. The summed E-state index contributed by atoms with van der Waals surface area (Å²) in [6.45, 7) is 10.1. The zero-order valence-corrected chi connectivity index (χ0v) is 22.3. The Bertz CT molecular complexity index is 1320. The van der Waals surface area contributed by atoms with Crippen molar-refractivity contribution in [1.82, 2.24) is 9.97 Å². The molecule has 9 nitrogen and oxygen atoms in total. The second kappa shape index (κ2) is 9.41. The topological polar surface area (TPSA) is 116 Å². The van der Waals surface area contributed by atoms with Crippen LogP contribution in [0.2, 0.25) is 0 Å². The van der Waals surface area contributed by atoms with E-state index in [-0.39, 0.29) is 30.8 Å². The van der Waals surface area contributed by atoms with Crippen LogP contribution < -0.4 is 10.1 Å². The van der Waals surface area contributed by atoms with E-state index in [1.165, 1.54) is 0 Å². The number of anilines is 1. The minimum Gasteiger partial charge on any atom is -0.478 e. The molecule has 194 valence electrons. The van der Waals surface area contributed by atoms with Crippen LogP contribution in [-0.2, 0) is 20.3 Å². The Kier molecular flexibility index (Phi) is 6.57. The second-order valence-corrected chi connectivity index (χ2v) is 11.3. The van der Waals surface area contributed by atoms with E-state index in [0.29, 0.717) is 41.1 Å². The molecule has 3 aromatic heterocycles. The predicted molar refractivity (Wildman–Crippen MR) is 137 cm³/mol. The van der Waals surface area contributed by atoms with Crippen molar-refractivity contribution in [3.63, 3.8) is 0 Å². The number of furan rings is 1. The zero-order valence-electron chi connectivity index (χ0n) is 21.5. The molecule has 0 aromatic carbocycles. The van der Waals surface area contributed by atoms with Gasteiger partial charge in [0.2, 0.25) is 5.88 Å². The number of nitrogens with zero attached hydrogens (tertiary/aromatic N) is 2. The predicted octanol–water partition coefficient (Wildman–Crippen LogP) is 3.96. The third-order valence-electron chi connectivity index (χ3n) is 6.81. The summed E-state index contributed by atoms with van der Waals surface area (Å²) in [5, 5.41) is 14.9. The number of nitrogens with one attached hydrogen (secondary N) is 1. The highest BCUT2D eigenvalue weighted by Crippen LogP contribution is 2.44. The van der Waals surface area contributed by atoms with E-state index in [2.05, 4.69) is 10.3 Å². The van der Waals surface area contributed by atoms with Crippen molar-refractivity contribution >= 4 is 27.6 Å². The van der Waals surface area contributed by atoms with Gasteiger partial charge in [0.15, 0.2) is 11.4 Å². The number of rotatable bonds is 7. The minimum atomic E-state index is -1.27. The molecule has 0 bridgehead atoms. The molecule has 10 heteroatoms. The molecule has 1 aliphatic carbocycles. The van der Waals surface area contributed by atoms with E-state index in [4.69, 9.17) is 23.6 Å². The minimum absolute atomic E-state index is 0.00906. The lowest BCUT2D eigenvalue weighted by Crippen LogP contribution is -2.35. The molecule has 5 atom stereocenters. The number of aryl methyl sites for hydroxylation is 2. The summed E-state index contributed by atoms with van der Waals surface area (Å²) in [6.07, 6.45) is 1.80. The van der Waals surface area contributed by atoms with Crippen molar-refractivity contribution in [3.8, 4) is 17.2 Å². The summed E-state index contributed by atoms with van der Waals surface area (Å²) in [5.41, 5.74) is 3.07. The Balaban J connectivity index is 1.58. The fraction of sp³-hybridized carbons (Fsp3) is 0.538. The van der Waals surface area contributed by atoms with E-state index in [1.807, 2.05) is 52.8 Å². The highest BCUT2D eigenvalue weighted by molar-refractivity contribution is 7.84. The van der Waals surface area contributed by atoms with Gasteiger partial charge in [-0.15, -0.1) is 0 Å². The standard InChI is InChI=1S/C26H33N3O6S/c1-7-32-19-11-15-10-18(33-22(15)14(3)27-19)21-13(2)8-20(36(6)31)29-25(21)28-17-9-16(12-30)23-24(17)35-26(4,5)34-23/h8,10-11,16-17,23-24,30H,7,9,12H2,1-6H3,(H,28,29)/t16?,17?,23-,24+,36?/m1/s1. The first-order chi connectivity index (χ1) is 17.1. The number of ether oxygens (including phenoxy) is 3. The molecule has 4 heterocycles. The van der Waals surface area contributed by atoms with Gasteiger partial charge in [-0.2, -0.15) is 0 Å². The Morgan fingerprint density at radius 1 is 1.19 bits per heavy atom. The Morgan fingerprint density at radius 2 is 1.94 bits per heavy atom. The largest absolute Gasteiger partial charge is 0.478 e. The number of fused-ring (bicyclic) bond motifs is 2. The van der Waals surface area contributed by atoms with E-state index in [9.17, 15) is 9.32 Å². The summed E-state index contributed by atoms with van der Waals surface area (Å²) in [6, 6.07) is 5.49. The highest BCUT2D eigenvalue weighted by Gasteiger charge is 2.54. The molecule has 2 aliphatic rings. The third kappa shape index (κ3) is 4.51. The van der Waals surface area contributed by atoms with Crippen LogP contribution in [0.4, 0.5) is 5.82 Å². The lowest BCUT2D eigenvalue weighted by atomic mass is 10.1. The van der Waals surface area contributed by atoms with Gasteiger partial charge in [-0.25, -0.2) is 9.97 Å². The van der Waals surface area contributed by atoms with Crippen molar-refractivity contribution in [2.24, 2.45) is 5.92 Å². The molecule has 36 heavy (non-hydrogen) atoms. The van der Waals surface area contributed by atoms with Gasteiger partial charge in [-0.05, 0) is 58.7 Å². The van der Waals surface area contributed by atoms with Crippen LogP contribution in [-0.4, -0.2) is 62.8 Å². The molecule has 3 aromatic rings. The summed E-state index contributed by atoms with van der Waals surface area (Å²) >= 11 is 0. The van der Waals surface area contributed by atoms with E-state index >= 15 is 0 Å². The first-order valence-electron chi connectivity index (χ1n) is 12.2. The Hall–Kier alpha value is -2.53. The fourth-order valence-electron chi connectivity index (χ4n) is 5.31. The lowest BCUT2D eigenvalue weighted by Gasteiger charge is -2.25. The average molecular weight is 516 g/mol. The van der Waals surface area contributed by atoms with E-state index in [1.54, 1.807) is 6.26 Å². The normalized spacial score (nSPS) is 25.8. The van der Waals surface area contributed by atoms with Crippen LogP contribution in [0.25, 0.3) is 22.3 Å². The number of hydrogen-bond donors (Lipinski definition) is 2. The van der Waals surface area contributed by atoms with Gasteiger partial charge in [0, 0.05) is 30.2 Å². The maximum absolute atomic E-state index is 12.4. The number of aromatic nitrogens is 2. The second-order valence-electron chi connectivity index (χ2n) is 9.96. The van der Waals surface area contributed by atoms with Gasteiger partial charge in [0.1, 0.15) is 22.7 Å². The van der Waals surface area contributed by atoms with Gasteiger partial charge in [-0.3, -0.25) is 4.21 Å². The average Bonchev–Trinajstić information content (AvgIpc) is 3.45. The van der Waals surface area contributed by atoms with Crippen LogP contribution in [0.1, 0.15) is 38.4 Å². The van der Waals surface area contributed by atoms with Crippen molar-refractivity contribution in [2.45, 2.75) is 70.1 Å². The Morgan fingerprint density at radius 3 is 2.64 bits per heavy atom. The Labute approximate surface area is 213 Å². The summed E-state index contributed by atoms with van der Waals surface area (Å²) in [5.74, 6) is 0.947. The molecule has 0 radical (unpaired) electrons. The molecule has 3 unspecified atom stereocenters.